The standard InChI is InChI=1S/C46H89N2O6P/c1-6-8-10-12-14-16-18-20-21-22-23-24-25-26-27-28-30-32-34-36-38-40-46(50)47-44(43-54-55(51,52)53-42-41-48(3,4)5)45(49)39-37-35-33-31-29-19-17-15-13-11-9-7-2/h22-23,29,31,37,39,44-45,49H,6-21,24-28,30,32-36,38,40-43H2,1-5H3,(H-,47,50,51,52)/p+1/b23-22-,31-29+,39-37+. The van der Waals surface area contributed by atoms with Gasteiger partial charge in [0, 0.05) is 6.42 Å². The lowest BCUT2D eigenvalue weighted by Gasteiger charge is -2.25. The van der Waals surface area contributed by atoms with Gasteiger partial charge in [-0.2, -0.15) is 0 Å². The van der Waals surface area contributed by atoms with E-state index in [1.165, 1.54) is 141 Å². The zero-order valence-corrected chi connectivity index (χ0v) is 37.6. The largest absolute Gasteiger partial charge is 0.472 e. The summed E-state index contributed by atoms with van der Waals surface area (Å²) in [6.07, 6.45) is 46.5. The Bertz CT molecular complexity index is 995. The molecule has 9 heteroatoms. The van der Waals surface area contributed by atoms with Gasteiger partial charge in [0.1, 0.15) is 13.2 Å². The van der Waals surface area contributed by atoms with Crippen molar-refractivity contribution in [2.45, 2.75) is 212 Å². The van der Waals surface area contributed by atoms with E-state index in [0.717, 1.165) is 38.5 Å². The molecule has 0 spiro atoms. The zero-order chi connectivity index (χ0) is 40.7. The van der Waals surface area contributed by atoms with E-state index in [0.29, 0.717) is 17.4 Å². The van der Waals surface area contributed by atoms with Crippen LogP contribution in [0.5, 0.6) is 0 Å². The summed E-state index contributed by atoms with van der Waals surface area (Å²) in [4.78, 5) is 23.1. The normalized spacial score (nSPS) is 14.7. The molecule has 0 aromatic carbocycles. The third kappa shape index (κ3) is 40.7. The van der Waals surface area contributed by atoms with Crippen molar-refractivity contribution in [3.8, 4) is 0 Å². The Hall–Kier alpha value is -1.28. The zero-order valence-electron chi connectivity index (χ0n) is 36.7. The first kappa shape index (κ1) is 53.7. The maximum absolute atomic E-state index is 12.9. The molecule has 0 aromatic rings. The average molecular weight is 798 g/mol. The number of nitrogens with one attached hydrogen (secondary N) is 1. The van der Waals surface area contributed by atoms with Gasteiger partial charge in [-0.3, -0.25) is 13.8 Å². The molecule has 8 nitrogen and oxygen atoms in total. The predicted octanol–water partition coefficient (Wildman–Crippen LogP) is 12.7. The van der Waals surface area contributed by atoms with Crippen molar-refractivity contribution in [3.63, 3.8) is 0 Å². The summed E-state index contributed by atoms with van der Waals surface area (Å²) in [5.74, 6) is -0.191. The first-order chi connectivity index (χ1) is 26.5. The number of hydrogen-bond donors (Lipinski definition) is 3. The topological polar surface area (TPSA) is 105 Å². The number of carbonyl (C=O) groups excluding carboxylic acids is 1. The third-order valence-electron chi connectivity index (χ3n) is 10.1. The van der Waals surface area contributed by atoms with Gasteiger partial charge < -0.3 is 19.8 Å². The van der Waals surface area contributed by atoms with Crippen LogP contribution in [0, 0.1) is 0 Å². The summed E-state index contributed by atoms with van der Waals surface area (Å²) >= 11 is 0. The van der Waals surface area contributed by atoms with Gasteiger partial charge in [0.2, 0.25) is 5.91 Å². The molecule has 0 rings (SSSR count). The van der Waals surface area contributed by atoms with Crippen LogP contribution in [0.1, 0.15) is 200 Å². The Morgan fingerprint density at radius 3 is 1.45 bits per heavy atom. The highest BCUT2D eigenvalue weighted by Gasteiger charge is 2.27. The molecule has 0 saturated carbocycles. The molecule has 55 heavy (non-hydrogen) atoms. The third-order valence-corrected chi connectivity index (χ3v) is 11.1. The van der Waals surface area contributed by atoms with Crippen LogP contribution in [-0.4, -0.2) is 73.4 Å². The molecule has 3 N–H and O–H groups in total. The van der Waals surface area contributed by atoms with Gasteiger partial charge in [0.25, 0.3) is 0 Å². The highest BCUT2D eigenvalue weighted by Crippen LogP contribution is 2.43. The maximum Gasteiger partial charge on any atom is 0.472 e. The Morgan fingerprint density at radius 2 is 1.00 bits per heavy atom. The van der Waals surface area contributed by atoms with E-state index >= 15 is 0 Å². The van der Waals surface area contributed by atoms with Gasteiger partial charge in [-0.15, -0.1) is 0 Å². The SMILES string of the molecule is CCCCCCCC/C=C/CC/C=C/C(O)C(COP(=O)(O)OCC[N+](C)(C)C)NC(=O)CCCCCCCCCCC/C=C\CCCCCCCCCC. The highest BCUT2D eigenvalue weighted by atomic mass is 31.2. The molecule has 0 aliphatic rings. The molecule has 0 fully saturated rings. The molecular weight excluding hydrogens is 707 g/mol. The number of rotatable bonds is 41. The molecule has 324 valence electrons. The molecule has 3 atom stereocenters. The van der Waals surface area contributed by atoms with E-state index in [2.05, 4.69) is 43.5 Å². The lowest BCUT2D eigenvalue weighted by Crippen LogP contribution is -2.45. The van der Waals surface area contributed by atoms with Crippen LogP contribution < -0.4 is 5.32 Å². The van der Waals surface area contributed by atoms with Gasteiger partial charge in [0.05, 0.1) is 39.9 Å². The van der Waals surface area contributed by atoms with E-state index in [4.69, 9.17) is 9.05 Å². The van der Waals surface area contributed by atoms with Crippen LogP contribution in [0.15, 0.2) is 36.5 Å². The smallest absolute Gasteiger partial charge is 0.387 e. The van der Waals surface area contributed by atoms with Crippen molar-refractivity contribution in [2.75, 3.05) is 40.9 Å². The van der Waals surface area contributed by atoms with Crippen molar-refractivity contribution < 1.29 is 32.9 Å². The molecule has 0 aliphatic carbocycles. The second kappa shape index (κ2) is 38.2. The molecular formula is C46H90N2O6P+. The molecule has 0 heterocycles. The minimum atomic E-state index is -4.34. The maximum atomic E-state index is 12.9. The quantitative estimate of drug-likeness (QED) is 0.0246. The molecule has 0 saturated heterocycles. The van der Waals surface area contributed by atoms with Crippen molar-refractivity contribution in [1.82, 2.24) is 5.32 Å². The van der Waals surface area contributed by atoms with Crippen molar-refractivity contribution in [1.29, 1.82) is 0 Å². The summed E-state index contributed by atoms with van der Waals surface area (Å²) in [6, 6.07) is -0.861. The second-order valence-corrected chi connectivity index (χ2v) is 18.2. The average Bonchev–Trinajstić information content (AvgIpc) is 3.13. The Labute approximate surface area is 340 Å². The van der Waals surface area contributed by atoms with Crippen molar-refractivity contribution in [2.24, 2.45) is 0 Å². The number of nitrogens with zero attached hydrogens (tertiary/aromatic N) is 1. The van der Waals surface area contributed by atoms with Crippen LogP contribution in [-0.2, 0) is 18.4 Å². The van der Waals surface area contributed by atoms with E-state index in [1.54, 1.807) is 6.08 Å². The number of unbranched alkanes of at least 4 members (excludes halogenated alkanes) is 24. The minimum Gasteiger partial charge on any atom is -0.387 e. The lowest BCUT2D eigenvalue weighted by atomic mass is 10.0. The van der Waals surface area contributed by atoms with Gasteiger partial charge in [-0.25, -0.2) is 4.57 Å². The van der Waals surface area contributed by atoms with Gasteiger partial charge in [0.15, 0.2) is 0 Å². The lowest BCUT2D eigenvalue weighted by molar-refractivity contribution is -0.870. The fraction of sp³-hybridized carbons (Fsp3) is 0.848. The Morgan fingerprint density at radius 1 is 0.600 bits per heavy atom. The second-order valence-electron chi connectivity index (χ2n) is 16.8. The van der Waals surface area contributed by atoms with E-state index in [9.17, 15) is 19.4 Å². The number of hydrogen-bond acceptors (Lipinski definition) is 5. The molecule has 1 amide bonds. The first-order valence-corrected chi connectivity index (χ1v) is 24.4. The summed E-state index contributed by atoms with van der Waals surface area (Å²) in [6.45, 7) is 4.77. The molecule has 0 radical (unpaired) electrons. The summed E-state index contributed by atoms with van der Waals surface area (Å²) < 4.78 is 23.5. The molecule has 0 aliphatic heterocycles. The molecule has 3 unspecified atom stereocenters. The molecule has 0 bridgehead atoms. The fourth-order valence-corrected chi connectivity index (χ4v) is 7.14. The number of allylic oxidation sites excluding steroid dienone is 5. The predicted molar refractivity (Wildman–Crippen MR) is 235 cm³/mol. The number of likely N-dealkylation sites (N-methyl/N-ethyl adjacent to an activating group) is 1. The van der Waals surface area contributed by atoms with E-state index in [1.807, 2.05) is 27.2 Å². The monoisotopic (exact) mass is 798 g/mol. The summed E-state index contributed by atoms with van der Waals surface area (Å²) in [5, 5.41) is 13.8. The van der Waals surface area contributed by atoms with Crippen LogP contribution >= 0.6 is 7.82 Å². The van der Waals surface area contributed by atoms with Gasteiger partial charge in [-0.1, -0.05) is 172 Å². The van der Waals surface area contributed by atoms with Crippen LogP contribution in [0.4, 0.5) is 0 Å². The van der Waals surface area contributed by atoms with Crippen molar-refractivity contribution >= 4 is 13.7 Å². The van der Waals surface area contributed by atoms with Gasteiger partial charge >= 0.3 is 7.82 Å². The Kier molecular flexibility index (Phi) is 37.4. The first-order valence-electron chi connectivity index (χ1n) is 22.9. The summed E-state index contributed by atoms with van der Waals surface area (Å²) in [7, 11) is 1.55. The van der Waals surface area contributed by atoms with E-state index in [-0.39, 0.29) is 19.1 Å². The van der Waals surface area contributed by atoms with Crippen molar-refractivity contribution in [3.05, 3.63) is 36.5 Å². The number of quaternary nitrogens is 1. The number of amides is 1. The molecule has 0 aromatic heterocycles. The Balaban J connectivity index is 4.34. The van der Waals surface area contributed by atoms with E-state index < -0.39 is 20.0 Å². The number of phosphoric acid groups is 1. The fourth-order valence-electron chi connectivity index (χ4n) is 6.40. The highest BCUT2D eigenvalue weighted by molar-refractivity contribution is 7.47. The summed E-state index contributed by atoms with van der Waals surface area (Å²) in [5.41, 5.74) is 0. The minimum absolute atomic E-state index is 0.0558. The van der Waals surface area contributed by atoms with Crippen LogP contribution in [0.25, 0.3) is 0 Å². The van der Waals surface area contributed by atoms with Gasteiger partial charge in [-0.05, 0) is 57.8 Å². The number of carbonyl (C=O) groups is 1. The number of aliphatic hydroxyl groups is 1. The van der Waals surface area contributed by atoms with Crippen LogP contribution in [0.3, 0.4) is 0 Å². The van der Waals surface area contributed by atoms with Crippen LogP contribution in [0.2, 0.25) is 0 Å². The number of phosphoric ester groups is 1. The number of aliphatic hydroxyl groups excluding tert-OH is 1.